The fourth-order valence-corrected chi connectivity index (χ4v) is 1.80. The van der Waals surface area contributed by atoms with Crippen molar-refractivity contribution in [3.8, 4) is 5.75 Å². The summed E-state index contributed by atoms with van der Waals surface area (Å²) in [5.41, 5.74) is 15.4. The van der Waals surface area contributed by atoms with Crippen LogP contribution in [-0.2, 0) is 6.42 Å². The highest BCUT2D eigenvalue weighted by Crippen LogP contribution is 2.22. The third kappa shape index (κ3) is 2.94. The van der Waals surface area contributed by atoms with E-state index in [4.69, 9.17) is 16.2 Å². The third-order valence-electron chi connectivity index (χ3n) is 2.85. The zero-order chi connectivity index (χ0) is 13.0. The van der Waals surface area contributed by atoms with Gasteiger partial charge in [0.1, 0.15) is 5.75 Å². The predicted molar refractivity (Wildman–Crippen MR) is 75.6 cm³/mol. The Morgan fingerprint density at radius 3 is 2.56 bits per heavy atom. The first kappa shape index (κ1) is 12.3. The molecule has 0 unspecified atom stereocenters. The summed E-state index contributed by atoms with van der Waals surface area (Å²) in [6.45, 7) is 2.59. The van der Waals surface area contributed by atoms with Crippen LogP contribution in [0.5, 0.6) is 5.75 Å². The third-order valence-corrected chi connectivity index (χ3v) is 2.85. The van der Waals surface area contributed by atoms with E-state index in [0.29, 0.717) is 12.3 Å². The van der Waals surface area contributed by atoms with Crippen molar-refractivity contribution in [3.63, 3.8) is 0 Å². The predicted octanol–water partition coefficient (Wildman–Crippen LogP) is 2.78. The van der Waals surface area contributed by atoms with Crippen molar-refractivity contribution in [1.29, 1.82) is 0 Å². The van der Waals surface area contributed by atoms with Crippen LogP contribution < -0.4 is 16.2 Å². The van der Waals surface area contributed by atoms with Gasteiger partial charge in [-0.3, -0.25) is 0 Å². The molecule has 2 rings (SSSR count). The zero-order valence-corrected chi connectivity index (χ0v) is 10.5. The maximum atomic E-state index is 5.87. The molecular weight excluding hydrogens is 224 g/mol. The van der Waals surface area contributed by atoms with Gasteiger partial charge in [0.25, 0.3) is 0 Å². The number of ether oxygens (including phenoxy) is 1. The largest absolute Gasteiger partial charge is 0.491 e. The van der Waals surface area contributed by atoms with E-state index in [1.54, 1.807) is 0 Å². The van der Waals surface area contributed by atoms with Crippen LogP contribution in [-0.4, -0.2) is 6.61 Å². The van der Waals surface area contributed by atoms with E-state index in [1.165, 1.54) is 0 Å². The van der Waals surface area contributed by atoms with E-state index < -0.39 is 0 Å². The van der Waals surface area contributed by atoms with Gasteiger partial charge in [-0.15, -0.1) is 0 Å². The molecule has 0 fully saturated rings. The van der Waals surface area contributed by atoms with E-state index in [0.717, 1.165) is 29.0 Å². The molecular formula is C15H18N2O. The Balaban J connectivity index is 1.96. The summed E-state index contributed by atoms with van der Waals surface area (Å²) in [6.07, 6.45) is 0.778. The van der Waals surface area contributed by atoms with Crippen LogP contribution in [0.2, 0.25) is 0 Å². The van der Waals surface area contributed by atoms with Crippen molar-refractivity contribution >= 4 is 11.4 Å². The summed E-state index contributed by atoms with van der Waals surface area (Å²) in [5, 5.41) is 0. The molecule has 2 aromatic carbocycles. The van der Waals surface area contributed by atoms with E-state index in [-0.39, 0.29) is 0 Å². The Morgan fingerprint density at radius 2 is 1.78 bits per heavy atom. The molecule has 0 saturated heterocycles. The number of aryl methyl sites for hydroxylation is 1. The van der Waals surface area contributed by atoms with E-state index >= 15 is 0 Å². The fourth-order valence-electron chi connectivity index (χ4n) is 1.80. The van der Waals surface area contributed by atoms with Crippen LogP contribution in [0.1, 0.15) is 11.1 Å². The maximum absolute atomic E-state index is 5.87. The average molecular weight is 242 g/mol. The molecule has 0 heterocycles. The quantitative estimate of drug-likeness (QED) is 0.810. The van der Waals surface area contributed by atoms with Crippen LogP contribution in [0.15, 0.2) is 42.5 Å². The Morgan fingerprint density at radius 1 is 1.00 bits per heavy atom. The second-order valence-electron chi connectivity index (χ2n) is 4.34. The first-order chi connectivity index (χ1) is 8.66. The van der Waals surface area contributed by atoms with Gasteiger partial charge in [0.05, 0.1) is 12.3 Å². The van der Waals surface area contributed by atoms with Gasteiger partial charge in [-0.25, -0.2) is 0 Å². The van der Waals surface area contributed by atoms with E-state index in [2.05, 4.69) is 0 Å². The summed E-state index contributed by atoms with van der Waals surface area (Å²) in [5.74, 6) is 0.740. The minimum absolute atomic E-state index is 0.571. The van der Waals surface area contributed by atoms with Crippen LogP contribution >= 0.6 is 0 Å². The minimum Gasteiger partial charge on any atom is -0.491 e. The smallest absolute Gasteiger partial charge is 0.142 e. The number of benzene rings is 2. The zero-order valence-electron chi connectivity index (χ0n) is 10.5. The Labute approximate surface area is 107 Å². The summed E-state index contributed by atoms with van der Waals surface area (Å²) < 4.78 is 5.70. The summed E-state index contributed by atoms with van der Waals surface area (Å²) in [4.78, 5) is 0. The molecule has 18 heavy (non-hydrogen) atoms. The first-order valence-corrected chi connectivity index (χ1v) is 5.99. The minimum atomic E-state index is 0.571. The number of hydrogen-bond donors (Lipinski definition) is 2. The monoisotopic (exact) mass is 242 g/mol. The number of hydrogen-bond acceptors (Lipinski definition) is 3. The van der Waals surface area contributed by atoms with Crippen LogP contribution in [0, 0.1) is 6.92 Å². The van der Waals surface area contributed by atoms with E-state index in [9.17, 15) is 0 Å². The van der Waals surface area contributed by atoms with Crippen LogP contribution in [0.4, 0.5) is 11.4 Å². The molecule has 0 aromatic heterocycles. The van der Waals surface area contributed by atoms with Gasteiger partial charge in [0, 0.05) is 12.1 Å². The molecule has 0 aliphatic carbocycles. The van der Waals surface area contributed by atoms with Crippen molar-refractivity contribution in [2.45, 2.75) is 13.3 Å². The number of nitrogens with two attached hydrogens (primary N) is 2. The Kier molecular flexibility index (Phi) is 3.72. The standard InChI is InChI=1S/C15H18N2O/c1-11-6-7-14(17)15(10-11)18-9-8-12-4-2-3-5-13(12)16/h2-7,10H,8-9,16-17H2,1H3. The maximum Gasteiger partial charge on any atom is 0.142 e. The van der Waals surface area contributed by atoms with Gasteiger partial charge in [0.15, 0.2) is 0 Å². The second kappa shape index (κ2) is 5.45. The average Bonchev–Trinajstić information content (AvgIpc) is 2.36. The Bertz CT molecular complexity index is 538. The molecule has 0 aliphatic rings. The highest BCUT2D eigenvalue weighted by atomic mass is 16.5. The van der Waals surface area contributed by atoms with Crippen LogP contribution in [0.3, 0.4) is 0 Å². The summed E-state index contributed by atoms with van der Waals surface area (Å²) in [7, 11) is 0. The number of anilines is 2. The van der Waals surface area contributed by atoms with Gasteiger partial charge in [0.2, 0.25) is 0 Å². The highest BCUT2D eigenvalue weighted by molar-refractivity contribution is 5.53. The van der Waals surface area contributed by atoms with Gasteiger partial charge >= 0.3 is 0 Å². The Hall–Kier alpha value is -2.16. The topological polar surface area (TPSA) is 61.3 Å². The highest BCUT2D eigenvalue weighted by Gasteiger charge is 2.02. The molecule has 3 heteroatoms. The molecule has 4 N–H and O–H groups in total. The fraction of sp³-hybridized carbons (Fsp3) is 0.200. The van der Waals surface area contributed by atoms with Crippen molar-refractivity contribution in [2.75, 3.05) is 18.1 Å². The molecule has 0 radical (unpaired) electrons. The molecule has 0 bridgehead atoms. The SMILES string of the molecule is Cc1ccc(N)c(OCCc2ccccc2N)c1. The van der Waals surface area contributed by atoms with E-state index in [1.807, 2.05) is 49.4 Å². The van der Waals surface area contributed by atoms with Crippen molar-refractivity contribution in [3.05, 3.63) is 53.6 Å². The normalized spacial score (nSPS) is 10.3. The first-order valence-electron chi connectivity index (χ1n) is 5.99. The molecule has 0 amide bonds. The van der Waals surface area contributed by atoms with Crippen molar-refractivity contribution < 1.29 is 4.74 Å². The lowest BCUT2D eigenvalue weighted by Gasteiger charge is -2.10. The van der Waals surface area contributed by atoms with Gasteiger partial charge in [-0.05, 0) is 36.2 Å². The summed E-state index contributed by atoms with van der Waals surface area (Å²) >= 11 is 0. The molecule has 94 valence electrons. The molecule has 0 atom stereocenters. The van der Waals surface area contributed by atoms with Gasteiger partial charge in [-0.1, -0.05) is 24.3 Å². The van der Waals surface area contributed by atoms with Crippen molar-refractivity contribution in [2.24, 2.45) is 0 Å². The van der Waals surface area contributed by atoms with Gasteiger partial charge < -0.3 is 16.2 Å². The van der Waals surface area contributed by atoms with Crippen molar-refractivity contribution in [1.82, 2.24) is 0 Å². The lowest BCUT2D eigenvalue weighted by Crippen LogP contribution is -2.05. The molecule has 0 spiro atoms. The second-order valence-corrected chi connectivity index (χ2v) is 4.34. The molecule has 0 saturated carbocycles. The number of nitrogen functional groups attached to an aromatic ring is 2. The van der Waals surface area contributed by atoms with Crippen LogP contribution in [0.25, 0.3) is 0 Å². The molecule has 0 aliphatic heterocycles. The summed E-state index contributed by atoms with van der Waals surface area (Å²) in [6, 6.07) is 13.6. The lowest BCUT2D eigenvalue weighted by atomic mass is 10.1. The molecule has 2 aromatic rings. The molecule has 3 nitrogen and oxygen atoms in total. The number of para-hydroxylation sites is 1. The lowest BCUT2D eigenvalue weighted by molar-refractivity contribution is 0.323. The van der Waals surface area contributed by atoms with Gasteiger partial charge in [-0.2, -0.15) is 0 Å². The number of rotatable bonds is 4.